The number of carbonyl (C=O) groups excluding carboxylic acids is 2. The first-order valence-corrected chi connectivity index (χ1v) is 8.90. The highest BCUT2D eigenvalue weighted by molar-refractivity contribution is 6.05. The van der Waals surface area contributed by atoms with Gasteiger partial charge in [-0.15, -0.1) is 0 Å². The molecule has 3 aromatic rings. The van der Waals surface area contributed by atoms with Crippen molar-refractivity contribution in [1.82, 2.24) is 4.57 Å². The van der Waals surface area contributed by atoms with Crippen LogP contribution in [0.3, 0.4) is 0 Å². The highest BCUT2D eigenvalue weighted by atomic mass is 16.2. The van der Waals surface area contributed by atoms with Crippen molar-refractivity contribution in [2.45, 2.75) is 20.8 Å². The molecule has 3 rings (SSSR count). The number of hydrogen-bond acceptors (Lipinski definition) is 2. The van der Waals surface area contributed by atoms with Crippen LogP contribution in [0.15, 0.2) is 67.0 Å². The van der Waals surface area contributed by atoms with Crippen LogP contribution in [0, 0.1) is 12.8 Å². The van der Waals surface area contributed by atoms with Gasteiger partial charge in [-0.3, -0.25) is 9.59 Å². The van der Waals surface area contributed by atoms with Crippen LogP contribution in [0.1, 0.15) is 29.8 Å². The van der Waals surface area contributed by atoms with Gasteiger partial charge in [-0.25, -0.2) is 0 Å². The van der Waals surface area contributed by atoms with Crippen molar-refractivity contribution in [2.24, 2.45) is 5.92 Å². The molecule has 0 aliphatic carbocycles. The summed E-state index contributed by atoms with van der Waals surface area (Å²) < 4.78 is 1.98. The lowest BCUT2D eigenvalue weighted by atomic mass is 10.1. The van der Waals surface area contributed by atoms with Crippen LogP contribution in [0.25, 0.3) is 5.69 Å². The number of nitrogens with zero attached hydrogens (tertiary/aromatic N) is 1. The molecule has 0 bridgehead atoms. The van der Waals surface area contributed by atoms with Gasteiger partial charge in [-0.1, -0.05) is 19.9 Å². The number of amides is 2. The third kappa shape index (κ3) is 4.44. The molecular weight excluding hydrogens is 338 g/mol. The maximum absolute atomic E-state index is 12.6. The molecule has 0 unspecified atom stereocenters. The van der Waals surface area contributed by atoms with Crippen LogP contribution < -0.4 is 10.6 Å². The van der Waals surface area contributed by atoms with Crippen LogP contribution in [-0.2, 0) is 4.79 Å². The Morgan fingerprint density at radius 3 is 2.22 bits per heavy atom. The maximum atomic E-state index is 12.6. The van der Waals surface area contributed by atoms with E-state index in [2.05, 4.69) is 10.6 Å². The van der Waals surface area contributed by atoms with Crippen molar-refractivity contribution < 1.29 is 9.59 Å². The number of aromatic nitrogens is 1. The number of anilines is 2. The quantitative estimate of drug-likeness (QED) is 0.696. The van der Waals surface area contributed by atoms with E-state index in [1.165, 1.54) is 0 Å². The first-order chi connectivity index (χ1) is 12.9. The van der Waals surface area contributed by atoms with Gasteiger partial charge < -0.3 is 15.2 Å². The highest BCUT2D eigenvalue weighted by Gasteiger charge is 2.11. The number of rotatable bonds is 5. The van der Waals surface area contributed by atoms with E-state index in [-0.39, 0.29) is 17.7 Å². The van der Waals surface area contributed by atoms with Gasteiger partial charge in [0.1, 0.15) is 0 Å². The summed E-state index contributed by atoms with van der Waals surface area (Å²) >= 11 is 0. The zero-order valence-corrected chi connectivity index (χ0v) is 15.7. The molecule has 0 atom stereocenters. The predicted octanol–water partition coefficient (Wildman–Crippen LogP) is 4.63. The van der Waals surface area contributed by atoms with Crippen LogP contribution >= 0.6 is 0 Å². The third-order valence-corrected chi connectivity index (χ3v) is 4.31. The summed E-state index contributed by atoms with van der Waals surface area (Å²) in [4.78, 5) is 24.5. The lowest BCUT2D eigenvalue weighted by Crippen LogP contribution is -2.18. The average Bonchev–Trinajstić information content (AvgIpc) is 3.19. The van der Waals surface area contributed by atoms with Crippen LogP contribution in [0.5, 0.6) is 0 Å². The molecule has 0 aliphatic heterocycles. The molecule has 5 nitrogen and oxygen atoms in total. The largest absolute Gasteiger partial charge is 0.326 e. The lowest BCUT2D eigenvalue weighted by Gasteiger charge is -2.13. The molecule has 2 N–H and O–H groups in total. The molecule has 0 spiro atoms. The molecule has 2 aromatic carbocycles. The number of aryl methyl sites for hydroxylation is 1. The second kappa shape index (κ2) is 7.91. The van der Waals surface area contributed by atoms with E-state index in [9.17, 15) is 9.59 Å². The van der Waals surface area contributed by atoms with Gasteiger partial charge in [0.25, 0.3) is 5.91 Å². The molecule has 0 aliphatic rings. The van der Waals surface area contributed by atoms with Crippen LogP contribution in [-0.4, -0.2) is 16.4 Å². The van der Waals surface area contributed by atoms with Crippen LogP contribution in [0.4, 0.5) is 11.4 Å². The normalized spacial score (nSPS) is 10.7. The van der Waals surface area contributed by atoms with Gasteiger partial charge in [0.15, 0.2) is 0 Å². The van der Waals surface area contributed by atoms with Crippen molar-refractivity contribution >= 4 is 23.2 Å². The third-order valence-electron chi connectivity index (χ3n) is 4.31. The summed E-state index contributed by atoms with van der Waals surface area (Å²) in [6, 6.07) is 16.8. The van der Waals surface area contributed by atoms with E-state index in [1.807, 2.05) is 74.1 Å². The summed E-state index contributed by atoms with van der Waals surface area (Å²) in [5.41, 5.74) is 3.83. The minimum absolute atomic E-state index is 0.0586. The summed E-state index contributed by atoms with van der Waals surface area (Å²) in [5, 5.41) is 5.78. The summed E-state index contributed by atoms with van der Waals surface area (Å²) in [7, 11) is 0. The Hall–Kier alpha value is -3.34. The summed E-state index contributed by atoms with van der Waals surface area (Å²) in [5.74, 6) is -0.357. The van der Waals surface area contributed by atoms with Gasteiger partial charge in [0.05, 0.1) is 0 Å². The van der Waals surface area contributed by atoms with E-state index >= 15 is 0 Å². The Labute approximate surface area is 159 Å². The fraction of sp³-hybridized carbons (Fsp3) is 0.182. The number of hydrogen-bond donors (Lipinski definition) is 2. The van der Waals surface area contributed by atoms with Crippen molar-refractivity contribution in [1.29, 1.82) is 0 Å². The number of carbonyl (C=O) groups is 2. The first kappa shape index (κ1) is 18.5. The van der Waals surface area contributed by atoms with Crippen molar-refractivity contribution in [3.05, 3.63) is 78.1 Å². The zero-order chi connectivity index (χ0) is 19.4. The monoisotopic (exact) mass is 361 g/mol. The predicted molar refractivity (Wildman–Crippen MR) is 108 cm³/mol. The van der Waals surface area contributed by atoms with Gasteiger partial charge in [-0.2, -0.15) is 0 Å². The summed E-state index contributed by atoms with van der Waals surface area (Å²) in [6.45, 7) is 5.59. The molecule has 1 heterocycles. The van der Waals surface area contributed by atoms with E-state index in [1.54, 1.807) is 18.2 Å². The van der Waals surface area contributed by atoms with Crippen LogP contribution in [0.2, 0.25) is 0 Å². The summed E-state index contributed by atoms with van der Waals surface area (Å²) in [6.07, 6.45) is 3.91. The highest BCUT2D eigenvalue weighted by Crippen LogP contribution is 2.22. The smallest absolute Gasteiger partial charge is 0.255 e. The Morgan fingerprint density at radius 2 is 1.59 bits per heavy atom. The molecule has 5 heteroatoms. The standard InChI is InChI=1S/C22H23N3O2/c1-15(2)21(26)23-18-9-6-16(3)20(14-18)24-22(27)17-7-10-19(11-8-17)25-12-4-5-13-25/h4-15H,1-3H3,(H,23,26)(H,24,27). The molecule has 2 amide bonds. The van der Waals surface area contributed by atoms with Gasteiger partial charge >= 0.3 is 0 Å². The Morgan fingerprint density at radius 1 is 0.926 bits per heavy atom. The SMILES string of the molecule is Cc1ccc(NC(=O)C(C)C)cc1NC(=O)c1ccc(-n2cccc2)cc1. The van der Waals surface area contributed by atoms with Gasteiger partial charge in [-0.05, 0) is 61.0 Å². The molecule has 0 radical (unpaired) electrons. The molecule has 1 aromatic heterocycles. The van der Waals surface area contributed by atoms with E-state index in [0.717, 1.165) is 11.3 Å². The fourth-order valence-corrected chi connectivity index (χ4v) is 2.61. The maximum Gasteiger partial charge on any atom is 0.255 e. The molecule has 138 valence electrons. The fourth-order valence-electron chi connectivity index (χ4n) is 2.61. The lowest BCUT2D eigenvalue weighted by molar-refractivity contribution is -0.118. The van der Waals surface area contributed by atoms with E-state index in [4.69, 9.17) is 0 Å². The minimum Gasteiger partial charge on any atom is -0.326 e. The molecule has 0 saturated carbocycles. The molecule has 27 heavy (non-hydrogen) atoms. The second-order valence-corrected chi connectivity index (χ2v) is 6.76. The van der Waals surface area contributed by atoms with Crippen molar-refractivity contribution in [3.8, 4) is 5.69 Å². The minimum atomic E-state index is -0.190. The van der Waals surface area contributed by atoms with Gasteiger partial charge in [0, 0.05) is 40.9 Å². The van der Waals surface area contributed by atoms with Crippen molar-refractivity contribution in [2.75, 3.05) is 10.6 Å². The molecular formula is C22H23N3O2. The van der Waals surface area contributed by atoms with E-state index in [0.29, 0.717) is 16.9 Å². The topological polar surface area (TPSA) is 63.1 Å². The number of benzene rings is 2. The van der Waals surface area contributed by atoms with Crippen molar-refractivity contribution in [3.63, 3.8) is 0 Å². The first-order valence-electron chi connectivity index (χ1n) is 8.90. The average molecular weight is 361 g/mol. The van der Waals surface area contributed by atoms with E-state index < -0.39 is 0 Å². The second-order valence-electron chi connectivity index (χ2n) is 6.76. The zero-order valence-electron chi connectivity index (χ0n) is 15.7. The molecule has 0 saturated heterocycles. The Balaban J connectivity index is 1.74. The van der Waals surface area contributed by atoms with Gasteiger partial charge in [0.2, 0.25) is 5.91 Å². The number of nitrogens with one attached hydrogen (secondary N) is 2. The Bertz CT molecular complexity index is 942. The molecule has 0 fully saturated rings. The Kier molecular flexibility index (Phi) is 5.41.